The summed E-state index contributed by atoms with van der Waals surface area (Å²) in [5.41, 5.74) is 0. The van der Waals surface area contributed by atoms with Crippen molar-refractivity contribution in [1.82, 2.24) is 5.32 Å². The number of hydrogen-bond donors (Lipinski definition) is 12. The fourth-order valence-corrected chi connectivity index (χ4v) is 9.48. The summed E-state index contributed by atoms with van der Waals surface area (Å²) in [7, 11) is 0. The molecule has 19 nitrogen and oxygen atoms in total. The Morgan fingerprint density at radius 1 is 0.493 bits per heavy atom. The van der Waals surface area contributed by atoms with Gasteiger partial charge in [-0.25, -0.2) is 0 Å². The van der Waals surface area contributed by atoms with Crippen molar-refractivity contribution in [2.45, 2.75) is 285 Å². The zero-order valence-electron chi connectivity index (χ0n) is 43.0. The fourth-order valence-electron chi connectivity index (χ4n) is 9.48. The molecule has 0 spiro atoms. The summed E-state index contributed by atoms with van der Waals surface area (Å²) in [5.74, 6) is -0.288. The fraction of sp³-hybridized carbons (Fsp3) is 0.942. The molecule has 3 aliphatic heterocycles. The van der Waals surface area contributed by atoms with Crippen molar-refractivity contribution in [1.29, 1.82) is 0 Å². The SMILES string of the molecule is CCCCCCCCCCCCCCCCCCCCC/C=C/C(O)C(COC1OC(CO)C(OC2OC(CO)C(OC3OC(CO)C(O)C(O)C3O)C(O)C2O)C(O)C1O)NC(=O)CCCCCCC. The van der Waals surface area contributed by atoms with E-state index in [2.05, 4.69) is 19.2 Å². The molecule has 0 bridgehead atoms. The molecule has 3 fully saturated rings. The number of amides is 1. The standard InChI is InChI=1S/C52H97NO18/c1-3-5-7-9-10-11-12-13-14-15-16-17-18-19-20-21-22-23-24-26-27-29-36(57)35(53-40(58)30-28-25-8-6-4-2)34-66-50-46(64)43(61)48(38(32-55)68-50)71-52-47(65)44(62)49(39(33-56)69-52)70-51-45(63)42(60)41(59)37(31-54)67-51/h27,29,35-39,41-52,54-57,59-65H,3-26,28,30-34H2,1-2H3,(H,53,58)/b29-27+. The summed E-state index contributed by atoms with van der Waals surface area (Å²) in [5, 5.41) is 119. The van der Waals surface area contributed by atoms with E-state index in [-0.39, 0.29) is 18.9 Å². The summed E-state index contributed by atoms with van der Waals surface area (Å²) in [6.07, 6.45) is 7.06. The van der Waals surface area contributed by atoms with Crippen molar-refractivity contribution in [3.63, 3.8) is 0 Å². The molecule has 19 heteroatoms. The number of nitrogens with one attached hydrogen (secondary N) is 1. The highest BCUT2D eigenvalue weighted by atomic mass is 16.8. The summed E-state index contributed by atoms with van der Waals surface area (Å²) in [6.45, 7) is 1.61. The van der Waals surface area contributed by atoms with Crippen LogP contribution in [-0.2, 0) is 33.2 Å². The van der Waals surface area contributed by atoms with Crippen LogP contribution in [-0.4, -0.2) is 193 Å². The summed E-state index contributed by atoms with van der Waals surface area (Å²) in [6, 6.07) is -0.963. The van der Waals surface area contributed by atoms with Crippen molar-refractivity contribution < 1.29 is 89.4 Å². The van der Waals surface area contributed by atoms with E-state index >= 15 is 0 Å². The van der Waals surface area contributed by atoms with Crippen molar-refractivity contribution in [3.05, 3.63) is 12.2 Å². The first-order chi connectivity index (χ1) is 34.3. The zero-order chi connectivity index (χ0) is 52.0. The lowest BCUT2D eigenvalue weighted by molar-refractivity contribution is -0.379. The highest BCUT2D eigenvalue weighted by Gasteiger charge is 2.53. The molecule has 1 amide bonds. The quantitative estimate of drug-likeness (QED) is 0.0311. The zero-order valence-corrected chi connectivity index (χ0v) is 43.0. The predicted octanol–water partition coefficient (Wildman–Crippen LogP) is 3.04. The Morgan fingerprint density at radius 3 is 1.32 bits per heavy atom. The largest absolute Gasteiger partial charge is 0.394 e. The van der Waals surface area contributed by atoms with Gasteiger partial charge in [-0.05, 0) is 19.3 Å². The van der Waals surface area contributed by atoms with Gasteiger partial charge < -0.3 is 89.9 Å². The minimum Gasteiger partial charge on any atom is -0.394 e. The topological polar surface area (TPSA) is 307 Å². The number of aliphatic hydroxyl groups is 11. The van der Waals surface area contributed by atoms with Gasteiger partial charge in [0.05, 0.1) is 38.6 Å². The molecule has 0 aromatic carbocycles. The van der Waals surface area contributed by atoms with E-state index in [1.165, 1.54) is 103 Å². The number of carbonyl (C=O) groups excluding carboxylic acids is 1. The molecule has 0 aromatic rings. The lowest BCUT2D eigenvalue weighted by atomic mass is 9.96. The molecule has 71 heavy (non-hydrogen) atoms. The first-order valence-corrected chi connectivity index (χ1v) is 27.4. The van der Waals surface area contributed by atoms with Crippen LogP contribution < -0.4 is 5.32 Å². The van der Waals surface area contributed by atoms with Crippen LogP contribution >= 0.6 is 0 Å². The maximum atomic E-state index is 13.0. The van der Waals surface area contributed by atoms with Crippen LogP contribution in [0.15, 0.2) is 12.2 Å². The molecule has 17 atom stereocenters. The molecule has 12 N–H and O–H groups in total. The summed E-state index contributed by atoms with van der Waals surface area (Å²) < 4.78 is 34.0. The molecule has 0 radical (unpaired) electrons. The molecule has 418 valence electrons. The Morgan fingerprint density at radius 2 is 0.873 bits per heavy atom. The average molecular weight is 1020 g/mol. The summed E-state index contributed by atoms with van der Waals surface area (Å²) >= 11 is 0. The second-order valence-electron chi connectivity index (χ2n) is 20.1. The van der Waals surface area contributed by atoms with Gasteiger partial charge in [0.15, 0.2) is 18.9 Å². The summed E-state index contributed by atoms with van der Waals surface area (Å²) in [4.78, 5) is 13.0. The van der Waals surface area contributed by atoms with Gasteiger partial charge >= 0.3 is 0 Å². The number of hydrogen-bond acceptors (Lipinski definition) is 18. The molecule has 17 unspecified atom stereocenters. The number of rotatable bonds is 39. The minimum absolute atomic E-state index is 0.241. The lowest BCUT2D eigenvalue weighted by Crippen LogP contribution is -2.66. The van der Waals surface area contributed by atoms with Gasteiger partial charge in [-0.3, -0.25) is 4.79 Å². The third-order valence-corrected chi connectivity index (χ3v) is 14.1. The normalized spacial score (nSPS) is 32.3. The molecule has 0 saturated carbocycles. The predicted molar refractivity (Wildman–Crippen MR) is 263 cm³/mol. The van der Waals surface area contributed by atoms with Crippen LogP contribution in [0, 0.1) is 0 Å². The maximum absolute atomic E-state index is 13.0. The van der Waals surface area contributed by atoms with Crippen molar-refractivity contribution in [2.75, 3.05) is 26.4 Å². The van der Waals surface area contributed by atoms with Gasteiger partial charge in [-0.1, -0.05) is 167 Å². The van der Waals surface area contributed by atoms with E-state index in [4.69, 9.17) is 28.4 Å². The van der Waals surface area contributed by atoms with Crippen LogP contribution in [0.4, 0.5) is 0 Å². The van der Waals surface area contributed by atoms with Crippen molar-refractivity contribution >= 4 is 5.91 Å². The highest BCUT2D eigenvalue weighted by molar-refractivity contribution is 5.76. The number of aliphatic hydroxyl groups excluding tert-OH is 11. The first kappa shape index (κ1) is 63.8. The molecule has 3 aliphatic rings. The lowest BCUT2D eigenvalue weighted by Gasteiger charge is -2.48. The van der Waals surface area contributed by atoms with Crippen molar-refractivity contribution in [2.24, 2.45) is 0 Å². The number of carbonyl (C=O) groups is 1. The van der Waals surface area contributed by atoms with E-state index in [9.17, 15) is 61.0 Å². The molecular weight excluding hydrogens is 927 g/mol. The molecule has 3 saturated heterocycles. The Kier molecular flexibility index (Phi) is 33.5. The smallest absolute Gasteiger partial charge is 0.220 e. The molecule has 3 heterocycles. The number of unbranched alkanes of at least 4 members (excludes halogenated alkanes) is 23. The first-order valence-electron chi connectivity index (χ1n) is 27.4. The maximum Gasteiger partial charge on any atom is 0.220 e. The van der Waals surface area contributed by atoms with E-state index in [0.717, 1.165) is 51.4 Å². The number of allylic oxidation sites excluding steroid dienone is 1. The van der Waals surface area contributed by atoms with Crippen LogP contribution in [0.25, 0.3) is 0 Å². The van der Waals surface area contributed by atoms with Gasteiger partial charge in [-0.2, -0.15) is 0 Å². The molecule has 3 rings (SSSR count). The molecule has 0 aliphatic carbocycles. The molecule has 0 aromatic heterocycles. The van der Waals surface area contributed by atoms with Crippen molar-refractivity contribution in [3.8, 4) is 0 Å². The van der Waals surface area contributed by atoms with Gasteiger partial charge in [0.25, 0.3) is 0 Å². The monoisotopic (exact) mass is 1020 g/mol. The number of ether oxygens (including phenoxy) is 6. The van der Waals surface area contributed by atoms with Crippen LogP contribution in [0.5, 0.6) is 0 Å². The van der Waals surface area contributed by atoms with Gasteiger partial charge in [0, 0.05) is 6.42 Å². The Bertz CT molecular complexity index is 1360. The highest BCUT2D eigenvalue weighted by Crippen LogP contribution is 2.33. The second kappa shape index (κ2) is 37.3. The van der Waals surface area contributed by atoms with E-state index in [1.807, 2.05) is 6.08 Å². The van der Waals surface area contributed by atoms with Gasteiger partial charge in [-0.15, -0.1) is 0 Å². The Balaban J connectivity index is 1.46. The Labute approximate surface area is 423 Å². The molecular formula is C52H97NO18. The van der Waals surface area contributed by atoms with Crippen LogP contribution in [0.2, 0.25) is 0 Å². The second-order valence-corrected chi connectivity index (χ2v) is 20.1. The third kappa shape index (κ3) is 22.7. The van der Waals surface area contributed by atoms with Crippen LogP contribution in [0.1, 0.15) is 181 Å². The van der Waals surface area contributed by atoms with Crippen LogP contribution in [0.3, 0.4) is 0 Å². The van der Waals surface area contributed by atoms with E-state index in [1.54, 1.807) is 6.08 Å². The van der Waals surface area contributed by atoms with Gasteiger partial charge in [0.1, 0.15) is 73.2 Å². The minimum atomic E-state index is -1.97. The average Bonchev–Trinajstić information content (AvgIpc) is 3.36. The third-order valence-electron chi connectivity index (χ3n) is 14.1. The Hall–Kier alpha value is -1.47. The van der Waals surface area contributed by atoms with Gasteiger partial charge in [0.2, 0.25) is 5.91 Å². The van der Waals surface area contributed by atoms with E-state index < -0.39 is 124 Å². The van der Waals surface area contributed by atoms with E-state index in [0.29, 0.717) is 6.42 Å².